The van der Waals surface area contributed by atoms with Gasteiger partial charge in [-0.05, 0) is 69.2 Å². The first-order chi connectivity index (χ1) is 15.9. The van der Waals surface area contributed by atoms with Gasteiger partial charge >= 0.3 is 0 Å². The largest absolute Gasteiger partial charge is 0.488 e. The molecule has 0 radical (unpaired) electrons. The number of para-hydroxylation sites is 1. The summed E-state index contributed by atoms with van der Waals surface area (Å²) in [5, 5.41) is 24.6. The molecule has 4 rings (SSSR count). The van der Waals surface area contributed by atoms with Gasteiger partial charge < -0.3 is 19.9 Å². The highest BCUT2D eigenvalue weighted by atomic mass is 16.5. The van der Waals surface area contributed by atoms with E-state index in [2.05, 4.69) is 53.6 Å². The van der Waals surface area contributed by atoms with Crippen molar-refractivity contribution in [2.75, 3.05) is 13.2 Å². The van der Waals surface area contributed by atoms with Gasteiger partial charge in [0.2, 0.25) is 0 Å². The van der Waals surface area contributed by atoms with E-state index in [-0.39, 0.29) is 12.1 Å². The maximum absolute atomic E-state index is 10.4. The highest BCUT2D eigenvalue weighted by Crippen LogP contribution is 2.24. The van der Waals surface area contributed by atoms with Crippen LogP contribution in [0, 0.1) is 6.92 Å². The van der Waals surface area contributed by atoms with Crippen LogP contribution in [0.5, 0.6) is 17.2 Å². The van der Waals surface area contributed by atoms with Crippen LogP contribution in [0.2, 0.25) is 0 Å². The van der Waals surface area contributed by atoms with Crippen LogP contribution in [0.25, 0.3) is 11.0 Å². The van der Waals surface area contributed by atoms with E-state index in [0.29, 0.717) is 17.8 Å². The van der Waals surface area contributed by atoms with Crippen LogP contribution < -0.4 is 14.8 Å². The van der Waals surface area contributed by atoms with E-state index in [1.807, 2.05) is 54.6 Å². The average molecular weight is 447 g/mol. The number of aromatic nitrogens is 3. The number of aryl methyl sites for hydroxylation is 1. The first-order valence-electron chi connectivity index (χ1n) is 11.1. The molecule has 0 spiro atoms. The Balaban J connectivity index is 1.25. The van der Waals surface area contributed by atoms with Crippen LogP contribution in [0.15, 0.2) is 66.7 Å². The van der Waals surface area contributed by atoms with Gasteiger partial charge in [0.05, 0.1) is 0 Å². The number of nitrogens with one attached hydrogen (secondary N) is 2. The molecule has 0 unspecified atom stereocenters. The van der Waals surface area contributed by atoms with Crippen LogP contribution in [0.1, 0.15) is 25.0 Å². The second-order valence-corrected chi connectivity index (χ2v) is 8.91. The van der Waals surface area contributed by atoms with Gasteiger partial charge in [-0.3, -0.25) is 0 Å². The van der Waals surface area contributed by atoms with Crippen molar-refractivity contribution < 1.29 is 14.6 Å². The number of nitrogens with zero attached hydrogens (tertiary/aromatic N) is 2. The van der Waals surface area contributed by atoms with E-state index < -0.39 is 6.10 Å². The van der Waals surface area contributed by atoms with E-state index in [0.717, 1.165) is 23.4 Å². The minimum absolute atomic E-state index is 0.167. The topological polar surface area (TPSA) is 92.3 Å². The van der Waals surface area contributed by atoms with Gasteiger partial charge in [0.1, 0.15) is 35.5 Å². The Morgan fingerprint density at radius 3 is 2.39 bits per heavy atom. The second-order valence-electron chi connectivity index (χ2n) is 8.91. The number of hydrogen-bond acceptors (Lipinski definition) is 6. The fourth-order valence-corrected chi connectivity index (χ4v) is 3.59. The number of rotatable bonds is 10. The van der Waals surface area contributed by atoms with E-state index in [1.165, 1.54) is 11.1 Å². The summed E-state index contributed by atoms with van der Waals surface area (Å²) in [6.07, 6.45) is 0.153. The molecule has 0 saturated carbocycles. The molecule has 0 aliphatic carbocycles. The summed E-state index contributed by atoms with van der Waals surface area (Å²) < 4.78 is 11.7. The van der Waals surface area contributed by atoms with Crippen molar-refractivity contribution in [3.63, 3.8) is 0 Å². The number of H-pyrrole nitrogens is 1. The smallest absolute Gasteiger partial charge is 0.154 e. The maximum Gasteiger partial charge on any atom is 0.154 e. The lowest BCUT2D eigenvalue weighted by molar-refractivity contribution is 0.0995. The summed E-state index contributed by atoms with van der Waals surface area (Å²) in [6, 6.07) is 21.7. The molecule has 0 aliphatic heterocycles. The molecule has 3 aromatic carbocycles. The van der Waals surface area contributed by atoms with Crippen LogP contribution in [0.3, 0.4) is 0 Å². The number of benzene rings is 3. The molecule has 1 heterocycles. The Morgan fingerprint density at radius 2 is 1.67 bits per heavy atom. The van der Waals surface area contributed by atoms with Crippen LogP contribution >= 0.6 is 0 Å². The van der Waals surface area contributed by atoms with Crippen LogP contribution in [-0.2, 0) is 6.42 Å². The number of aliphatic hydroxyl groups is 1. The fraction of sp³-hybridized carbons (Fsp3) is 0.308. The lowest BCUT2D eigenvalue weighted by Crippen LogP contribution is -2.46. The van der Waals surface area contributed by atoms with Crippen molar-refractivity contribution in [1.29, 1.82) is 0 Å². The summed E-state index contributed by atoms with van der Waals surface area (Å²) in [5.74, 6) is 2.24. The zero-order chi connectivity index (χ0) is 23.3. The Hall–Kier alpha value is -3.42. The number of hydrogen-bond donors (Lipinski definition) is 3. The van der Waals surface area contributed by atoms with Gasteiger partial charge in [-0.25, -0.2) is 0 Å². The normalized spacial score (nSPS) is 12.6. The average Bonchev–Trinajstić information content (AvgIpc) is 3.29. The standard InChI is InChI=1S/C26H30N4O3/c1-18-7-11-21(12-8-18)33-22-13-9-19(10-14-22)15-26(2,3)27-16-20(31)17-32-24-6-4-5-23-25(24)29-30-28-23/h4-14,20,27,31H,15-17H2,1-3H3,(H,28,29,30)/t20-/m0/s1. The Kier molecular flexibility index (Phi) is 6.91. The number of aromatic amines is 1. The summed E-state index contributed by atoms with van der Waals surface area (Å²) in [5.41, 5.74) is 3.58. The minimum Gasteiger partial charge on any atom is -0.488 e. The van der Waals surface area contributed by atoms with Gasteiger partial charge in [0.25, 0.3) is 0 Å². The quantitative estimate of drug-likeness (QED) is 0.334. The molecule has 33 heavy (non-hydrogen) atoms. The number of aliphatic hydroxyl groups excluding tert-OH is 1. The van der Waals surface area contributed by atoms with Crippen LogP contribution in [-0.4, -0.2) is 45.3 Å². The molecule has 0 saturated heterocycles. The zero-order valence-electron chi connectivity index (χ0n) is 19.2. The van der Waals surface area contributed by atoms with Gasteiger partial charge in [-0.15, -0.1) is 0 Å². The zero-order valence-corrected chi connectivity index (χ0v) is 19.2. The molecule has 4 aromatic rings. The Bertz CT molecular complexity index is 1170. The molecule has 3 N–H and O–H groups in total. The van der Waals surface area contributed by atoms with E-state index in [1.54, 1.807) is 0 Å². The fourth-order valence-electron chi connectivity index (χ4n) is 3.59. The summed E-state index contributed by atoms with van der Waals surface area (Å²) in [6.45, 7) is 6.87. The van der Waals surface area contributed by atoms with Crippen molar-refractivity contribution in [3.05, 3.63) is 77.9 Å². The molecule has 0 fully saturated rings. The number of β-amino-alcohol motifs (C(OH)–C–C–N with tert-alkyl or cyclic N) is 1. The third kappa shape index (κ3) is 6.31. The van der Waals surface area contributed by atoms with Gasteiger partial charge in [-0.2, -0.15) is 15.4 Å². The Morgan fingerprint density at radius 1 is 0.970 bits per heavy atom. The maximum atomic E-state index is 10.4. The summed E-state index contributed by atoms with van der Waals surface area (Å²) in [4.78, 5) is 0. The van der Waals surface area contributed by atoms with Gasteiger partial charge in [0.15, 0.2) is 5.52 Å². The molecule has 1 atom stereocenters. The van der Waals surface area contributed by atoms with Crippen molar-refractivity contribution in [1.82, 2.24) is 20.7 Å². The third-order valence-electron chi connectivity index (χ3n) is 5.38. The molecule has 172 valence electrons. The van der Waals surface area contributed by atoms with Crippen molar-refractivity contribution in [3.8, 4) is 17.2 Å². The molecule has 7 nitrogen and oxygen atoms in total. The predicted molar refractivity (Wildman–Crippen MR) is 129 cm³/mol. The SMILES string of the molecule is Cc1ccc(Oc2ccc(CC(C)(C)NC[C@H](O)COc3cccc4n[nH]nc34)cc2)cc1. The molecule has 0 amide bonds. The van der Waals surface area contributed by atoms with Crippen molar-refractivity contribution >= 4 is 11.0 Å². The van der Waals surface area contributed by atoms with Crippen molar-refractivity contribution in [2.45, 2.75) is 38.8 Å². The summed E-state index contributed by atoms with van der Waals surface area (Å²) in [7, 11) is 0. The monoisotopic (exact) mass is 446 g/mol. The number of fused-ring (bicyclic) bond motifs is 1. The molecule has 1 aromatic heterocycles. The predicted octanol–water partition coefficient (Wildman–Crippen LogP) is 4.41. The lowest BCUT2D eigenvalue weighted by Gasteiger charge is -2.28. The Labute approximate surface area is 193 Å². The molecular weight excluding hydrogens is 416 g/mol. The van der Waals surface area contributed by atoms with Gasteiger partial charge in [-0.1, -0.05) is 35.9 Å². The molecule has 0 bridgehead atoms. The molecular formula is C26H30N4O3. The van der Waals surface area contributed by atoms with Crippen LogP contribution in [0.4, 0.5) is 0 Å². The molecule has 7 heteroatoms. The van der Waals surface area contributed by atoms with Gasteiger partial charge in [0, 0.05) is 12.1 Å². The second kappa shape index (κ2) is 10.0. The lowest BCUT2D eigenvalue weighted by atomic mass is 9.94. The van der Waals surface area contributed by atoms with E-state index in [4.69, 9.17) is 9.47 Å². The first-order valence-corrected chi connectivity index (χ1v) is 11.1. The summed E-state index contributed by atoms with van der Waals surface area (Å²) >= 11 is 0. The van der Waals surface area contributed by atoms with E-state index >= 15 is 0 Å². The third-order valence-corrected chi connectivity index (χ3v) is 5.38. The highest BCUT2D eigenvalue weighted by Gasteiger charge is 2.20. The minimum atomic E-state index is -0.656. The molecule has 0 aliphatic rings. The van der Waals surface area contributed by atoms with Crippen molar-refractivity contribution in [2.24, 2.45) is 0 Å². The highest BCUT2D eigenvalue weighted by molar-refractivity contribution is 5.80. The van der Waals surface area contributed by atoms with E-state index in [9.17, 15) is 5.11 Å². The number of ether oxygens (including phenoxy) is 2. The first kappa shape index (κ1) is 22.8.